The van der Waals surface area contributed by atoms with E-state index in [0.29, 0.717) is 40.7 Å². The highest BCUT2D eigenvalue weighted by Crippen LogP contribution is 2.45. The first kappa shape index (κ1) is 35.2. The number of halogens is 2. The number of hydrogen-bond donors (Lipinski definition) is 3. The zero-order valence-electron chi connectivity index (χ0n) is 26.1. The van der Waals surface area contributed by atoms with Gasteiger partial charge in [-0.25, -0.2) is 18.8 Å². The summed E-state index contributed by atoms with van der Waals surface area (Å²) < 4.78 is 44.4. The molecule has 5 rings (SSSR count). The van der Waals surface area contributed by atoms with Crippen LogP contribution in [0.2, 0.25) is 10.0 Å². The highest BCUT2D eigenvalue weighted by Gasteiger charge is 2.54. The first-order chi connectivity index (χ1) is 23.1. The Morgan fingerprint density at radius 2 is 1.69 bits per heavy atom. The number of aliphatic imine (C=N–C) groups is 1. The maximum absolute atomic E-state index is 14.4. The van der Waals surface area contributed by atoms with E-state index in [-0.39, 0.29) is 35.4 Å². The van der Waals surface area contributed by atoms with Crippen LogP contribution in [0, 0.1) is 0 Å². The molecule has 0 saturated heterocycles. The molecule has 4 aromatic carbocycles. The molecule has 0 aromatic heterocycles. The minimum absolute atomic E-state index is 0.0104. The average Bonchev–Trinajstić information content (AvgIpc) is 3.49. The number of methoxy groups -OCH3 is 1. The van der Waals surface area contributed by atoms with E-state index in [1.54, 1.807) is 73.8 Å². The molecule has 1 aliphatic rings. The second-order valence-corrected chi connectivity index (χ2v) is 13.9. The van der Waals surface area contributed by atoms with Crippen LogP contribution >= 0.6 is 23.2 Å². The molecule has 4 aromatic rings. The molecular weight excluding hydrogens is 677 g/mol. The molecule has 48 heavy (non-hydrogen) atoms. The molecule has 10 nitrogen and oxygen atoms in total. The average molecular weight is 713 g/mol. The van der Waals surface area contributed by atoms with Gasteiger partial charge < -0.3 is 19.3 Å². The summed E-state index contributed by atoms with van der Waals surface area (Å²) in [6.45, 7) is 0.610. The van der Waals surface area contributed by atoms with Crippen molar-refractivity contribution in [2.75, 3.05) is 26.1 Å². The van der Waals surface area contributed by atoms with E-state index in [1.165, 1.54) is 18.2 Å². The van der Waals surface area contributed by atoms with Crippen molar-refractivity contribution in [3.63, 3.8) is 0 Å². The SMILES string of the molecule is COc1ccc(CNNC(=O)[C@@]2(CCS(=O)(=O)c3ccccc3)N=C(c3ccc(OCCCO)cc3)O[C@H]2c2ccc(Cl)cc2Cl)cc1. The fourth-order valence-corrected chi connectivity index (χ4v) is 7.07. The number of aliphatic hydroxyl groups is 1. The Morgan fingerprint density at radius 3 is 2.35 bits per heavy atom. The van der Waals surface area contributed by atoms with Gasteiger partial charge in [0.15, 0.2) is 21.5 Å². The standard InChI is InChI=1S/C35H35Cl2N3O7S/c1-45-27-13-8-24(9-14-27)23-38-40-34(42)35(18-21-48(43,44)29-6-3-2-4-7-29)32(30-17-12-26(36)22-31(30)37)47-33(39-35)25-10-15-28(16-11-25)46-20-5-19-41/h2-4,6-17,22,32,38,41H,5,18-21,23H2,1H3,(H,40,42)/t32-,35-/m0/s1. The number of amides is 1. The summed E-state index contributed by atoms with van der Waals surface area (Å²) in [5.41, 5.74) is 5.72. The van der Waals surface area contributed by atoms with Crippen LogP contribution in [0.15, 0.2) is 107 Å². The molecule has 2 atom stereocenters. The largest absolute Gasteiger partial charge is 0.497 e. The van der Waals surface area contributed by atoms with Gasteiger partial charge in [-0.05, 0) is 66.2 Å². The van der Waals surface area contributed by atoms with Gasteiger partial charge in [0, 0.05) is 47.2 Å². The Labute approximate surface area is 289 Å². The summed E-state index contributed by atoms with van der Waals surface area (Å²) in [5.74, 6) is 0.356. The third-order valence-electron chi connectivity index (χ3n) is 7.78. The predicted octanol–water partition coefficient (Wildman–Crippen LogP) is 5.71. The number of carbonyl (C=O) groups excluding carboxylic acids is 1. The molecule has 1 heterocycles. The molecule has 1 amide bonds. The van der Waals surface area contributed by atoms with Crippen LogP contribution in [-0.2, 0) is 25.9 Å². The van der Waals surface area contributed by atoms with Gasteiger partial charge in [-0.15, -0.1) is 0 Å². The van der Waals surface area contributed by atoms with Crippen LogP contribution in [0.4, 0.5) is 0 Å². The van der Waals surface area contributed by atoms with Crippen molar-refractivity contribution in [1.82, 2.24) is 10.9 Å². The van der Waals surface area contributed by atoms with Gasteiger partial charge >= 0.3 is 0 Å². The number of hydrogen-bond acceptors (Lipinski definition) is 9. The Bertz CT molecular complexity index is 1840. The quantitative estimate of drug-likeness (QED) is 0.106. The monoisotopic (exact) mass is 711 g/mol. The zero-order valence-corrected chi connectivity index (χ0v) is 28.4. The second-order valence-electron chi connectivity index (χ2n) is 11.0. The Morgan fingerprint density at radius 1 is 0.979 bits per heavy atom. The van der Waals surface area contributed by atoms with Crippen molar-refractivity contribution in [2.45, 2.75) is 35.9 Å². The van der Waals surface area contributed by atoms with Crippen LogP contribution in [0.25, 0.3) is 0 Å². The first-order valence-electron chi connectivity index (χ1n) is 15.1. The third kappa shape index (κ3) is 8.29. The zero-order chi connectivity index (χ0) is 34.1. The van der Waals surface area contributed by atoms with E-state index in [2.05, 4.69) is 10.9 Å². The number of aliphatic hydroxyl groups excluding tert-OH is 1. The van der Waals surface area contributed by atoms with Gasteiger partial charge in [-0.2, -0.15) is 0 Å². The lowest BCUT2D eigenvalue weighted by molar-refractivity contribution is -0.130. The number of rotatable bonds is 15. The smallest absolute Gasteiger partial charge is 0.266 e. The summed E-state index contributed by atoms with van der Waals surface area (Å²) in [5, 5.41) is 9.67. The normalized spacial score (nSPS) is 17.3. The molecular formula is C35H35Cl2N3O7S. The number of benzene rings is 4. The number of nitrogens with one attached hydrogen (secondary N) is 2. The molecule has 3 N–H and O–H groups in total. The highest BCUT2D eigenvalue weighted by molar-refractivity contribution is 7.91. The van der Waals surface area contributed by atoms with Gasteiger partial charge in [0.1, 0.15) is 11.5 Å². The van der Waals surface area contributed by atoms with E-state index in [4.69, 9.17) is 47.5 Å². The maximum atomic E-state index is 14.4. The van der Waals surface area contributed by atoms with E-state index < -0.39 is 33.1 Å². The summed E-state index contributed by atoms with van der Waals surface area (Å²) in [6, 6.07) is 27.0. The number of nitrogens with zero attached hydrogens (tertiary/aromatic N) is 1. The summed E-state index contributed by atoms with van der Waals surface area (Å²) >= 11 is 12.9. The van der Waals surface area contributed by atoms with Gasteiger partial charge in [0.2, 0.25) is 5.90 Å². The number of hydrazine groups is 1. The van der Waals surface area contributed by atoms with Gasteiger partial charge in [0.25, 0.3) is 5.91 Å². The molecule has 0 fully saturated rings. The molecule has 0 unspecified atom stereocenters. The molecule has 0 radical (unpaired) electrons. The molecule has 0 aliphatic carbocycles. The van der Waals surface area contributed by atoms with Crippen molar-refractivity contribution < 1.29 is 32.5 Å². The van der Waals surface area contributed by atoms with Crippen molar-refractivity contribution in [2.24, 2.45) is 4.99 Å². The van der Waals surface area contributed by atoms with Crippen LogP contribution < -0.4 is 20.3 Å². The topological polar surface area (TPSA) is 136 Å². The number of ether oxygens (including phenoxy) is 3. The Balaban J connectivity index is 1.52. The first-order valence-corrected chi connectivity index (χ1v) is 17.6. The van der Waals surface area contributed by atoms with Crippen LogP contribution in [0.3, 0.4) is 0 Å². The van der Waals surface area contributed by atoms with Crippen LogP contribution in [0.1, 0.15) is 35.6 Å². The molecule has 252 valence electrons. The molecule has 0 saturated carbocycles. The van der Waals surface area contributed by atoms with E-state index >= 15 is 0 Å². The second kappa shape index (κ2) is 15.8. The highest BCUT2D eigenvalue weighted by atomic mass is 35.5. The predicted molar refractivity (Wildman–Crippen MR) is 184 cm³/mol. The van der Waals surface area contributed by atoms with Crippen molar-refractivity contribution >= 4 is 44.8 Å². The molecule has 1 aliphatic heterocycles. The summed E-state index contributed by atoms with van der Waals surface area (Å²) in [6.07, 6.45) is -0.876. The van der Waals surface area contributed by atoms with Gasteiger partial charge in [0.05, 0.1) is 24.4 Å². The van der Waals surface area contributed by atoms with Crippen molar-refractivity contribution in [1.29, 1.82) is 0 Å². The maximum Gasteiger partial charge on any atom is 0.266 e. The molecule has 0 bridgehead atoms. The lowest BCUT2D eigenvalue weighted by Crippen LogP contribution is -2.53. The van der Waals surface area contributed by atoms with E-state index in [9.17, 15) is 13.2 Å². The van der Waals surface area contributed by atoms with E-state index in [1.807, 2.05) is 12.1 Å². The fraction of sp³-hybridized carbons (Fsp3) is 0.257. The van der Waals surface area contributed by atoms with Crippen molar-refractivity contribution in [3.05, 3.63) is 124 Å². The minimum Gasteiger partial charge on any atom is -0.497 e. The molecule has 0 spiro atoms. The fourth-order valence-electron chi connectivity index (χ4n) is 5.18. The number of carbonyl (C=O) groups is 1. The lowest BCUT2D eigenvalue weighted by atomic mass is 9.85. The van der Waals surface area contributed by atoms with Gasteiger partial charge in [-0.3, -0.25) is 10.2 Å². The number of sulfone groups is 1. The van der Waals surface area contributed by atoms with E-state index in [0.717, 1.165) is 5.56 Å². The third-order valence-corrected chi connectivity index (χ3v) is 10.1. The summed E-state index contributed by atoms with van der Waals surface area (Å²) in [4.78, 5) is 19.3. The summed E-state index contributed by atoms with van der Waals surface area (Å²) in [7, 11) is -2.26. The van der Waals surface area contributed by atoms with Crippen LogP contribution in [0.5, 0.6) is 11.5 Å². The van der Waals surface area contributed by atoms with Gasteiger partial charge in [-0.1, -0.05) is 59.6 Å². The minimum atomic E-state index is -3.84. The molecule has 13 heteroatoms. The Kier molecular flexibility index (Phi) is 11.6. The lowest BCUT2D eigenvalue weighted by Gasteiger charge is -2.31. The Hall–Kier alpha value is -4.13. The van der Waals surface area contributed by atoms with Crippen LogP contribution in [-0.4, -0.2) is 56.9 Å². The van der Waals surface area contributed by atoms with Crippen molar-refractivity contribution in [3.8, 4) is 11.5 Å².